The fraction of sp³-hybridized carbons (Fsp3) is 0.370. The summed E-state index contributed by atoms with van der Waals surface area (Å²) in [7, 11) is 0. The molecule has 0 aliphatic carbocycles. The maximum atomic E-state index is 12.7. The van der Waals surface area contributed by atoms with Crippen molar-refractivity contribution in [3.63, 3.8) is 0 Å². The van der Waals surface area contributed by atoms with Gasteiger partial charge in [0.25, 0.3) is 5.56 Å². The molecule has 7 heteroatoms. The lowest BCUT2D eigenvalue weighted by molar-refractivity contribution is -0.150. The number of aromatic nitrogens is 2. The highest BCUT2D eigenvalue weighted by Crippen LogP contribution is 2.19. The van der Waals surface area contributed by atoms with E-state index in [0.717, 1.165) is 11.4 Å². The van der Waals surface area contributed by atoms with Gasteiger partial charge in [-0.1, -0.05) is 51.1 Å². The van der Waals surface area contributed by atoms with Crippen molar-refractivity contribution in [1.82, 2.24) is 9.55 Å². The highest BCUT2D eigenvalue weighted by atomic mass is 16.6. The molecule has 0 spiro atoms. The second-order valence-electron chi connectivity index (χ2n) is 7.10. The van der Waals surface area contributed by atoms with Crippen molar-refractivity contribution >= 4 is 5.97 Å². The molecule has 0 aliphatic heterocycles. The van der Waals surface area contributed by atoms with E-state index in [1.54, 1.807) is 48.7 Å². The van der Waals surface area contributed by atoms with Crippen molar-refractivity contribution in [3.8, 4) is 22.8 Å². The van der Waals surface area contributed by atoms with E-state index in [2.05, 4.69) is 4.98 Å². The van der Waals surface area contributed by atoms with Gasteiger partial charge in [-0.05, 0) is 38.1 Å². The van der Waals surface area contributed by atoms with Crippen LogP contribution in [-0.2, 0) is 22.5 Å². The molecule has 0 radical (unpaired) electrons. The van der Waals surface area contributed by atoms with Gasteiger partial charge < -0.3 is 14.2 Å². The van der Waals surface area contributed by atoms with Crippen molar-refractivity contribution < 1.29 is 19.0 Å². The van der Waals surface area contributed by atoms with Crippen LogP contribution in [0.2, 0.25) is 0 Å². The van der Waals surface area contributed by atoms with E-state index < -0.39 is 12.1 Å². The van der Waals surface area contributed by atoms with Crippen LogP contribution in [0.25, 0.3) is 11.3 Å². The van der Waals surface area contributed by atoms with Crippen LogP contribution >= 0.6 is 0 Å². The molecule has 3 aromatic rings. The first-order valence-electron chi connectivity index (χ1n) is 11.7. The number of benzene rings is 2. The molecule has 1 atom stereocenters. The summed E-state index contributed by atoms with van der Waals surface area (Å²) in [5.74, 6) is 1.50. The zero-order valence-corrected chi connectivity index (χ0v) is 20.6. The molecule has 182 valence electrons. The maximum Gasteiger partial charge on any atom is 0.347 e. The van der Waals surface area contributed by atoms with Gasteiger partial charge in [0.1, 0.15) is 23.9 Å². The standard InChI is InChI=1S/C25H28N2O5.C2H6/c1-4-23-26-22(19-9-7-6-8-10-19)17-24(28)27(23)15-16-31-20-11-13-21(14-12-20)32-18(3)25(29)30-5-2;1-2/h6-14,17-18H,4-5,15-16H2,1-3H3;1-2H3. The third-order valence-electron chi connectivity index (χ3n) is 4.81. The molecule has 0 amide bonds. The van der Waals surface area contributed by atoms with Crippen LogP contribution in [0.15, 0.2) is 65.5 Å². The van der Waals surface area contributed by atoms with Crippen LogP contribution in [0, 0.1) is 0 Å². The average molecular weight is 467 g/mol. The van der Waals surface area contributed by atoms with E-state index >= 15 is 0 Å². The lowest BCUT2D eigenvalue weighted by atomic mass is 10.1. The summed E-state index contributed by atoms with van der Waals surface area (Å²) in [4.78, 5) is 29.0. The molecule has 1 heterocycles. The monoisotopic (exact) mass is 466 g/mol. The second kappa shape index (κ2) is 13.8. The molecular weight excluding hydrogens is 432 g/mol. The summed E-state index contributed by atoms with van der Waals surface area (Å²) >= 11 is 0. The lowest BCUT2D eigenvalue weighted by Crippen LogP contribution is -2.27. The van der Waals surface area contributed by atoms with Gasteiger partial charge in [0.2, 0.25) is 0 Å². The van der Waals surface area contributed by atoms with E-state index in [4.69, 9.17) is 14.2 Å². The van der Waals surface area contributed by atoms with E-state index in [0.29, 0.717) is 43.4 Å². The number of carbonyl (C=O) groups is 1. The number of aryl methyl sites for hydroxylation is 1. The molecule has 0 fully saturated rings. The third kappa shape index (κ3) is 7.47. The summed E-state index contributed by atoms with van der Waals surface area (Å²) in [6, 6.07) is 18.2. The van der Waals surface area contributed by atoms with E-state index in [1.165, 1.54) is 0 Å². The Morgan fingerprint density at radius 1 is 1.00 bits per heavy atom. The summed E-state index contributed by atoms with van der Waals surface area (Å²) in [6.45, 7) is 10.4. The molecule has 34 heavy (non-hydrogen) atoms. The van der Waals surface area contributed by atoms with Gasteiger partial charge in [-0.15, -0.1) is 0 Å². The van der Waals surface area contributed by atoms with Gasteiger partial charge in [-0.25, -0.2) is 9.78 Å². The smallest absolute Gasteiger partial charge is 0.347 e. The SMILES string of the molecule is CC.CCOC(=O)C(C)Oc1ccc(OCCn2c(CC)nc(-c3ccccc3)cc2=O)cc1. The van der Waals surface area contributed by atoms with E-state index in [1.807, 2.05) is 51.1 Å². The Morgan fingerprint density at radius 3 is 2.26 bits per heavy atom. The lowest BCUT2D eigenvalue weighted by Gasteiger charge is -2.15. The van der Waals surface area contributed by atoms with E-state index in [-0.39, 0.29) is 5.56 Å². The zero-order valence-electron chi connectivity index (χ0n) is 20.6. The maximum absolute atomic E-state index is 12.7. The molecule has 7 nitrogen and oxygen atoms in total. The predicted molar refractivity (Wildman–Crippen MR) is 133 cm³/mol. The minimum Gasteiger partial charge on any atom is -0.492 e. The molecule has 3 rings (SSSR count). The number of hydrogen-bond donors (Lipinski definition) is 0. The largest absolute Gasteiger partial charge is 0.492 e. The number of hydrogen-bond acceptors (Lipinski definition) is 6. The minimum absolute atomic E-state index is 0.101. The fourth-order valence-electron chi connectivity index (χ4n) is 3.20. The molecule has 2 aromatic carbocycles. The van der Waals surface area contributed by atoms with E-state index in [9.17, 15) is 9.59 Å². The highest BCUT2D eigenvalue weighted by molar-refractivity contribution is 5.74. The van der Waals surface area contributed by atoms with Crippen LogP contribution in [0.5, 0.6) is 11.5 Å². The van der Waals surface area contributed by atoms with Crippen molar-refractivity contribution in [1.29, 1.82) is 0 Å². The number of ether oxygens (including phenoxy) is 3. The minimum atomic E-state index is -0.688. The Kier molecular flexibility index (Phi) is 10.8. The number of rotatable bonds is 10. The Bertz CT molecular complexity index is 1080. The van der Waals surface area contributed by atoms with Gasteiger partial charge in [0.15, 0.2) is 6.10 Å². The van der Waals surface area contributed by atoms with Gasteiger partial charge in [-0.2, -0.15) is 0 Å². The van der Waals surface area contributed by atoms with Crippen LogP contribution in [0.1, 0.15) is 40.4 Å². The Balaban J connectivity index is 0.00000199. The first-order chi connectivity index (χ1) is 16.5. The summed E-state index contributed by atoms with van der Waals surface area (Å²) in [5.41, 5.74) is 1.50. The van der Waals surface area contributed by atoms with Gasteiger partial charge in [0, 0.05) is 18.1 Å². The van der Waals surface area contributed by atoms with Gasteiger partial charge in [-0.3, -0.25) is 9.36 Å². The van der Waals surface area contributed by atoms with Crippen molar-refractivity contribution in [2.75, 3.05) is 13.2 Å². The molecular formula is C27H34N2O5. The fourth-order valence-corrected chi connectivity index (χ4v) is 3.20. The van der Waals surface area contributed by atoms with Crippen LogP contribution in [0.4, 0.5) is 0 Å². The van der Waals surface area contributed by atoms with Crippen LogP contribution < -0.4 is 15.0 Å². The topological polar surface area (TPSA) is 79.7 Å². The normalized spacial score (nSPS) is 11.1. The quantitative estimate of drug-likeness (QED) is 0.395. The van der Waals surface area contributed by atoms with Crippen molar-refractivity contribution in [3.05, 3.63) is 76.8 Å². The Hall–Kier alpha value is -3.61. The highest BCUT2D eigenvalue weighted by Gasteiger charge is 2.15. The molecule has 0 saturated heterocycles. The van der Waals surface area contributed by atoms with Crippen LogP contribution in [-0.4, -0.2) is 34.8 Å². The van der Waals surface area contributed by atoms with Gasteiger partial charge >= 0.3 is 5.97 Å². The van der Waals surface area contributed by atoms with Gasteiger partial charge in [0.05, 0.1) is 18.8 Å². The molecule has 1 aromatic heterocycles. The molecule has 1 unspecified atom stereocenters. The second-order valence-corrected chi connectivity index (χ2v) is 7.10. The average Bonchev–Trinajstić information content (AvgIpc) is 2.87. The first kappa shape index (κ1) is 26.6. The molecule has 0 saturated carbocycles. The third-order valence-corrected chi connectivity index (χ3v) is 4.81. The summed E-state index contributed by atoms with van der Waals surface area (Å²) in [5, 5.41) is 0. The molecule has 0 bridgehead atoms. The number of esters is 1. The Labute approximate surface area is 201 Å². The van der Waals surface area contributed by atoms with Crippen molar-refractivity contribution in [2.45, 2.75) is 53.7 Å². The summed E-state index contributed by atoms with van der Waals surface area (Å²) < 4.78 is 17.9. The van der Waals surface area contributed by atoms with Crippen LogP contribution in [0.3, 0.4) is 0 Å². The molecule has 0 N–H and O–H groups in total. The molecule has 0 aliphatic rings. The number of carbonyl (C=O) groups excluding carboxylic acids is 1. The summed E-state index contributed by atoms with van der Waals surface area (Å²) in [6.07, 6.45) is -0.0481. The number of nitrogens with zero attached hydrogens (tertiary/aromatic N) is 2. The first-order valence-corrected chi connectivity index (χ1v) is 11.7. The predicted octanol–water partition coefficient (Wildman–Crippen LogP) is 4.91. The zero-order chi connectivity index (χ0) is 24.9. The Morgan fingerprint density at radius 2 is 1.65 bits per heavy atom. The van der Waals surface area contributed by atoms with Crippen molar-refractivity contribution in [2.24, 2.45) is 0 Å².